The molecule has 2 heterocycles. The van der Waals surface area contributed by atoms with Crippen LogP contribution >= 0.6 is 20.0 Å². The summed E-state index contributed by atoms with van der Waals surface area (Å²) in [6.45, 7) is 9.12. The van der Waals surface area contributed by atoms with Crippen LogP contribution in [0.5, 0.6) is 0 Å². The molecule has 5 heteroatoms. The van der Waals surface area contributed by atoms with Crippen molar-refractivity contribution in [3.63, 3.8) is 0 Å². The van der Waals surface area contributed by atoms with Gasteiger partial charge < -0.3 is 0 Å². The first-order valence-electron chi connectivity index (χ1n) is 8.17. The third-order valence-corrected chi connectivity index (χ3v) is 11.6. The Morgan fingerprint density at radius 2 is 1.52 bits per heavy atom. The molecule has 0 aromatic carbocycles. The monoisotopic (exact) mass is 333 g/mol. The van der Waals surface area contributed by atoms with Gasteiger partial charge in [0.05, 0.1) is 0 Å². The van der Waals surface area contributed by atoms with Gasteiger partial charge in [-0.2, -0.15) is 8.38 Å². The first-order valence-corrected chi connectivity index (χ1v) is 12.3. The molecule has 0 aromatic rings. The predicted octanol–water partition coefficient (Wildman–Crippen LogP) is 3.55. The Kier molecular flexibility index (Phi) is 4.49. The number of hydrogen-bond acceptors (Lipinski definition) is 3. The minimum absolute atomic E-state index is 0.0145. The van der Waals surface area contributed by atoms with E-state index in [0.717, 1.165) is 17.9 Å². The zero-order chi connectivity index (χ0) is 16.0. The maximum Gasteiger partial charge on any atom is 0.237 e. The largest absolute Gasteiger partial charge is 0.274 e. The van der Waals surface area contributed by atoms with Gasteiger partial charge in [-0.3, -0.25) is 13.9 Å². The molecule has 2 saturated heterocycles. The average molecular weight is 334 g/mol. The lowest BCUT2D eigenvalue weighted by molar-refractivity contribution is -0.132. The quantitative estimate of drug-likeness (QED) is 0.471. The van der Waals surface area contributed by atoms with Crippen LogP contribution in [0.15, 0.2) is 0 Å². The minimum atomic E-state index is -2.70. The highest BCUT2D eigenvalue weighted by Crippen LogP contribution is 2.78. The van der Waals surface area contributed by atoms with Gasteiger partial charge in [-0.05, 0) is 47.9 Å². The van der Waals surface area contributed by atoms with Crippen LogP contribution in [0.3, 0.4) is 0 Å². The van der Waals surface area contributed by atoms with Crippen molar-refractivity contribution in [1.82, 2.24) is 4.31 Å². The van der Waals surface area contributed by atoms with Crippen LogP contribution in [0.4, 0.5) is 0 Å². The molecule has 0 radical (unpaired) electrons. The van der Waals surface area contributed by atoms with E-state index in [9.17, 15) is 9.59 Å². The number of amides is 2. The van der Waals surface area contributed by atoms with Crippen LogP contribution in [0, 0.1) is 23.7 Å². The molecule has 2 fully saturated rings. The number of carbonyl (C=O) groups is 2. The molecule has 0 aromatic heterocycles. The van der Waals surface area contributed by atoms with Gasteiger partial charge in [0.15, 0.2) is 0 Å². The summed E-state index contributed by atoms with van der Waals surface area (Å²) in [6.07, 6.45) is 3.99. The van der Waals surface area contributed by atoms with E-state index in [0.29, 0.717) is 36.5 Å². The van der Waals surface area contributed by atoms with Gasteiger partial charge in [-0.1, -0.05) is 27.7 Å². The Bertz CT molecular complexity index is 443. The van der Waals surface area contributed by atoms with Crippen LogP contribution in [0.2, 0.25) is 0 Å². The van der Waals surface area contributed by atoms with Crippen molar-refractivity contribution < 1.29 is 9.59 Å². The number of nitrogens with zero attached hydrogens (tertiary/aromatic N) is 1. The third-order valence-electron chi connectivity index (χ3n) is 5.59. The van der Waals surface area contributed by atoms with Gasteiger partial charge in [0.1, 0.15) is 0 Å². The van der Waals surface area contributed by atoms with Crippen LogP contribution in [-0.4, -0.2) is 33.9 Å². The second-order valence-corrected chi connectivity index (χ2v) is 16.5. The van der Waals surface area contributed by atoms with Crippen molar-refractivity contribution in [2.24, 2.45) is 23.7 Å². The molecular weight excluding hydrogens is 302 g/mol. The normalized spacial score (nSPS) is 34.3. The van der Waals surface area contributed by atoms with Crippen molar-refractivity contribution in [2.45, 2.75) is 47.0 Å². The summed E-state index contributed by atoms with van der Waals surface area (Å²) in [7, 11) is -2.70. The first kappa shape index (κ1) is 17.2. The lowest BCUT2D eigenvalue weighted by Crippen LogP contribution is -2.49. The molecule has 0 bridgehead atoms. The van der Waals surface area contributed by atoms with E-state index < -0.39 is 8.38 Å². The lowest BCUT2D eigenvalue weighted by atomic mass is 9.76. The average Bonchev–Trinajstić information content (AvgIpc) is 2.68. The molecule has 124 valence electrons. The number of rotatable bonds is 3. The van der Waals surface area contributed by atoms with E-state index in [1.807, 2.05) is 0 Å². The maximum atomic E-state index is 12.3. The maximum absolute atomic E-state index is 12.3. The minimum Gasteiger partial charge on any atom is -0.274 e. The summed E-state index contributed by atoms with van der Waals surface area (Å²) in [6, 6.07) is 0. The van der Waals surface area contributed by atoms with Crippen molar-refractivity contribution in [1.29, 1.82) is 0 Å². The lowest BCUT2D eigenvalue weighted by Gasteiger charge is -2.65. The fourth-order valence-corrected chi connectivity index (χ4v) is 10.7. The molecule has 21 heavy (non-hydrogen) atoms. The van der Waals surface area contributed by atoms with E-state index >= 15 is 0 Å². The molecule has 2 atom stereocenters. The third kappa shape index (κ3) is 3.00. The SMILES string of the molecule is CC(C)C1CC[SH](C)(S)(N2C(=O)CCC2=O)CC1C(C)C. The standard InChI is InChI=1S/C16H31NO2S2/c1-11(2)13-8-9-21(5,20,10-14(13)12(3)4)17-15(18)6-7-16(17)19/h11-14,20-21H,6-10H2,1-5H3. The molecular formula is C16H31NO2S2. The molecule has 2 aliphatic heterocycles. The number of imide groups is 1. The van der Waals surface area contributed by atoms with Gasteiger partial charge >= 0.3 is 0 Å². The topological polar surface area (TPSA) is 37.4 Å². The molecule has 0 saturated carbocycles. The summed E-state index contributed by atoms with van der Waals surface area (Å²) in [5.41, 5.74) is 0. The van der Waals surface area contributed by atoms with Crippen LogP contribution in [0.25, 0.3) is 0 Å². The molecule has 2 unspecified atom stereocenters. The smallest absolute Gasteiger partial charge is 0.237 e. The van der Waals surface area contributed by atoms with Crippen molar-refractivity contribution in [3.8, 4) is 0 Å². The first-order chi connectivity index (χ1) is 9.55. The summed E-state index contributed by atoms with van der Waals surface area (Å²) in [4.78, 5) is 24.6. The van der Waals surface area contributed by atoms with Crippen molar-refractivity contribution >= 4 is 31.9 Å². The van der Waals surface area contributed by atoms with Gasteiger partial charge in [0, 0.05) is 12.8 Å². The predicted molar refractivity (Wildman–Crippen MR) is 96.0 cm³/mol. The fourth-order valence-electron chi connectivity index (χ4n) is 4.39. The summed E-state index contributed by atoms with van der Waals surface area (Å²) >= 11 is 5.10. The van der Waals surface area contributed by atoms with Crippen LogP contribution in [0.1, 0.15) is 47.0 Å². The van der Waals surface area contributed by atoms with E-state index in [4.69, 9.17) is 11.7 Å². The van der Waals surface area contributed by atoms with Crippen LogP contribution in [-0.2, 0) is 9.59 Å². The van der Waals surface area contributed by atoms with Gasteiger partial charge in [-0.15, -0.1) is 11.7 Å². The van der Waals surface area contributed by atoms with E-state index in [1.54, 1.807) is 4.31 Å². The highest BCUT2D eigenvalue weighted by atomic mass is 33.2. The molecule has 0 N–H and O–H groups in total. The highest BCUT2D eigenvalue weighted by Gasteiger charge is 2.52. The summed E-state index contributed by atoms with van der Waals surface area (Å²) < 4.78 is 1.63. The Morgan fingerprint density at radius 1 is 1.05 bits per heavy atom. The van der Waals surface area contributed by atoms with Gasteiger partial charge in [-0.25, -0.2) is 0 Å². The van der Waals surface area contributed by atoms with E-state index in [-0.39, 0.29) is 11.8 Å². The molecule has 3 nitrogen and oxygen atoms in total. The Labute approximate surface area is 134 Å². The Balaban J connectivity index is 2.35. The molecule has 2 amide bonds. The number of thiol groups is 2. The number of carbonyl (C=O) groups excluding carboxylic acids is 2. The Morgan fingerprint density at radius 3 is 1.95 bits per heavy atom. The molecule has 0 aliphatic carbocycles. The summed E-state index contributed by atoms with van der Waals surface area (Å²) in [5.74, 6) is 4.35. The van der Waals surface area contributed by atoms with Crippen LogP contribution < -0.4 is 0 Å². The summed E-state index contributed by atoms with van der Waals surface area (Å²) in [5, 5.41) is 0. The van der Waals surface area contributed by atoms with Crippen molar-refractivity contribution in [3.05, 3.63) is 0 Å². The van der Waals surface area contributed by atoms with Gasteiger partial charge in [0.25, 0.3) is 0 Å². The van der Waals surface area contributed by atoms with E-state index in [1.165, 1.54) is 0 Å². The Hall–Kier alpha value is -0.160. The molecule has 2 aliphatic rings. The zero-order valence-electron chi connectivity index (χ0n) is 14.0. The van der Waals surface area contributed by atoms with Crippen molar-refractivity contribution in [2.75, 3.05) is 17.8 Å². The fraction of sp³-hybridized carbons (Fsp3) is 0.875. The van der Waals surface area contributed by atoms with Gasteiger partial charge in [0.2, 0.25) is 11.8 Å². The van der Waals surface area contributed by atoms with E-state index in [2.05, 4.69) is 34.0 Å². The molecule has 0 spiro atoms. The zero-order valence-corrected chi connectivity index (χ0v) is 15.8. The molecule has 2 rings (SSSR count). The number of hydrogen-bond donors (Lipinski definition) is 2. The highest BCUT2D eigenvalue weighted by molar-refractivity contribution is 8.96. The second kappa shape index (κ2) is 5.48. The second-order valence-electron chi connectivity index (χ2n) is 8.02.